The number of nitrogens with one attached hydrogen (secondary N) is 1. The highest BCUT2D eigenvalue weighted by Crippen LogP contribution is 2.32. The van der Waals surface area contributed by atoms with Crippen LogP contribution in [-0.4, -0.2) is 18.8 Å². The molecule has 2 nitrogen and oxygen atoms in total. The molecule has 15 heavy (non-hydrogen) atoms. The maximum absolute atomic E-state index is 5.97. The molecule has 1 aromatic heterocycles. The minimum atomic E-state index is 0.323. The molecule has 0 amide bonds. The second kappa shape index (κ2) is 5.15. The molecule has 84 valence electrons. The minimum absolute atomic E-state index is 0.323. The molecule has 1 N–H and O–H groups in total. The lowest BCUT2D eigenvalue weighted by Gasteiger charge is -2.14. The lowest BCUT2D eigenvalue weighted by atomic mass is 10.1. The number of rotatable bonds is 3. The van der Waals surface area contributed by atoms with Crippen LogP contribution in [-0.2, 0) is 11.3 Å². The summed E-state index contributed by atoms with van der Waals surface area (Å²) in [7, 11) is 0. The average Bonchev–Trinajstić information content (AvgIpc) is 2.72. The van der Waals surface area contributed by atoms with Crippen molar-refractivity contribution < 1.29 is 4.74 Å². The van der Waals surface area contributed by atoms with Gasteiger partial charge in [-0.05, 0) is 35.3 Å². The Hall–Kier alpha value is 0.390. The minimum Gasteiger partial charge on any atom is -0.377 e. The third-order valence-corrected chi connectivity index (χ3v) is 5.09. The van der Waals surface area contributed by atoms with Crippen LogP contribution in [0.15, 0.2) is 10.5 Å². The standard InChI is InChI=1S/C10H13BrClNOS/c1-6-9(2-3-14-6)13-5-7-4-8(11)10(12)15-7/h4,6,9,13H,2-3,5H2,1H3. The SMILES string of the molecule is CC1OCCC1NCc1cc(Br)c(Cl)s1. The summed E-state index contributed by atoms with van der Waals surface area (Å²) in [6.45, 7) is 3.85. The van der Waals surface area contributed by atoms with Crippen LogP contribution in [0.2, 0.25) is 4.34 Å². The summed E-state index contributed by atoms with van der Waals surface area (Å²) < 4.78 is 7.30. The monoisotopic (exact) mass is 309 g/mol. The third kappa shape index (κ3) is 2.94. The zero-order chi connectivity index (χ0) is 10.8. The molecule has 0 spiro atoms. The molecule has 5 heteroatoms. The molecule has 2 heterocycles. The first-order chi connectivity index (χ1) is 7.16. The van der Waals surface area contributed by atoms with E-state index >= 15 is 0 Å². The molecule has 0 radical (unpaired) electrons. The molecule has 1 aliphatic rings. The molecule has 0 saturated carbocycles. The molecule has 1 aromatic rings. The van der Waals surface area contributed by atoms with Gasteiger partial charge in [0.25, 0.3) is 0 Å². The molecular weight excluding hydrogens is 298 g/mol. The summed E-state index contributed by atoms with van der Waals surface area (Å²) in [5, 5.41) is 3.49. The first-order valence-corrected chi connectivity index (χ1v) is 6.94. The fourth-order valence-electron chi connectivity index (χ4n) is 1.71. The molecule has 1 saturated heterocycles. The molecule has 2 unspecified atom stereocenters. The van der Waals surface area contributed by atoms with Gasteiger partial charge in [0.2, 0.25) is 0 Å². The van der Waals surface area contributed by atoms with E-state index < -0.39 is 0 Å². The van der Waals surface area contributed by atoms with E-state index in [1.165, 1.54) is 4.88 Å². The van der Waals surface area contributed by atoms with E-state index in [1.807, 2.05) is 0 Å². The highest BCUT2D eigenvalue weighted by molar-refractivity contribution is 9.10. The van der Waals surface area contributed by atoms with E-state index in [-0.39, 0.29) is 0 Å². The van der Waals surface area contributed by atoms with E-state index in [2.05, 4.69) is 34.2 Å². The van der Waals surface area contributed by atoms with E-state index in [4.69, 9.17) is 16.3 Å². The summed E-state index contributed by atoms with van der Waals surface area (Å²) in [6.07, 6.45) is 1.42. The maximum Gasteiger partial charge on any atom is 0.107 e. The first kappa shape index (κ1) is 11.9. The zero-order valence-corrected chi connectivity index (χ0v) is 11.6. The Labute approximate surface area is 107 Å². The van der Waals surface area contributed by atoms with E-state index in [1.54, 1.807) is 11.3 Å². The summed E-state index contributed by atoms with van der Waals surface area (Å²) in [5.41, 5.74) is 0. The number of hydrogen-bond donors (Lipinski definition) is 1. The fourth-order valence-corrected chi connectivity index (χ4v) is 3.45. The van der Waals surface area contributed by atoms with Gasteiger partial charge in [0, 0.05) is 28.5 Å². The fraction of sp³-hybridized carbons (Fsp3) is 0.600. The van der Waals surface area contributed by atoms with Crippen LogP contribution in [0.5, 0.6) is 0 Å². The molecule has 1 fully saturated rings. The van der Waals surface area contributed by atoms with Crippen molar-refractivity contribution in [2.45, 2.75) is 32.0 Å². The van der Waals surface area contributed by atoms with Gasteiger partial charge in [-0.2, -0.15) is 0 Å². The molecule has 0 bridgehead atoms. The van der Waals surface area contributed by atoms with Crippen molar-refractivity contribution in [1.29, 1.82) is 0 Å². The van der Waals surface area contributed by atoms with Gasteiger partial charge in [-0.15, -0.1) is 11.3 Å². The summed E-state index contributed by atoms with van der Waals surface area (Å²) >= 11 is 11.0. The molecule has 2 rings (SSSR count). The number of thiophene rings is 1. The zero-order valence-electron chi connectivity index (χ0n) is 8.43. The van der Waals surface area contributed by atoms with Gasteiger partial charge in [-0.3, -0.25) is 0 Å². The molecule has 0 aliphatic carbocycles. The highest BCUT2D eigenvalue weighted by atomic mass is 79.9. The van der Waals surface area contributed by atoms with Gasteiger partial charge < -0.3 is 10.1 Å². The summed E-state index contributed by atoms with van der Waals surface area (Å²) in [4.78, 5) is 1.26. The molecular formula is C10H13BrClNOS. The van der Waals surface area contributed by atoms with Gasteiger partial charge in [0.05, 0.1) is 6.10 Å². The van der Waals surface area contributed by atoms with Crippen molar-refractivity contribution in [3.8, 4) is 0 Å². The largest absolute Gasteiger partial charge is 0.377 e. The van der Waals surface area contributed by atoms with Crippen LogP contribution in [0.1, 0.15) is 18.2 Å². The summed E-state index contributed by atoms with van der Waals surface area (Å²) in [5.74, 6) is 0. The van der Waals surface area contributed by atoms with Crippen molar-refractivity contribution in [2.75, 3.05) is 6.61 Å². The van der Waals surface area contributed by atoms with Gasteiger partial charge in [-0.25, -0.2) is 0 Å². The Kier molecular flexibility index (Phi) is 4.07. The van der Waals surface area contributed by atoms with Gasteiger partial charge in [0.1, 0.15) is 4.34 Å². The van der Waals surface area contributed by atoms with Crippen molar-refractivity contribution >= 4 is 38.9 Å². The average molecular weight is 311 g/mol. The number of ether oxygens (including phenoxy) is 1. The quantitative estimate of drug-likeness (QED) is 0.923. The first-order valence-electron chi connectivity index (χ1n) is 4.95. The third-order valence-electron chi connectivity index (χ3n) is 2.61. The Morgan fingerprint density at radius 2 is 2.53 bits per heavy atom. The predicted octanol–water partition coefficient (Wildman–Crippen LogP) is 3.43. The van der Waals surface area contributed by atoms with Crippen LogP contribution in [0.3, 0.4) is 0 Å². The van der Waals surface area contributed by atoms with Crippen molar-refractivity contribution in [2.24, 2.45) is 0 Å². The molecule has 2 atom stereocenters. The topological polar surface area (TPSA) is 21.3 Å². The number of halogens is 2. The van der Waals surface area contributed by atoms with E-state index in [0.717, 1.165) is 28.4 Å². The smallest absolute Gasteiger partial charge is 0.107 e. The van der Waals surface area contributed by atoms with Crippen molar-refractivity contribution in [3.63, 3.8) is 0 Å². The molecule has 0 aromatic carbocycles. The van der Waals surface area contributed by atoms with Gasteiger partial charge >= 0.3 is 0 Å². The molecule has 1 aliphatic heterocycles. The van der Waals surface area contributed by atoms with Crippen LogP contribution < -0.4 is 5.32 Å². The second-order valence-electron chi connectivity index (χ2n) is 3.69. The number of hydrogen-bond acceptors (Lipinski definition) is 3. The van der Waals surface area contributed by atoms with Crippen LogP contribution in [0, 0.1) is 0 Å². The lowest BCUT2D eigenvalue weighted by Crippen LogP contribution is -2.33. The highest BCUT2D eigenvalue weighted by Gasteiger charge is 2.23. The second-order valence-corrected chi connectivity index (χ2v) is 6.28. The van der Waals surface area contributed by atoms with E-state index in [9.17, 15) is 0 Å². The van der Waals surface area contributed by atoms with E-state index in [0.29, 0.717) is 12.1 Å². The Morgan fingerprint density at radius 1 is 1.73 bits per heavy atom. The van der Waals surface area contributed by atoms with Crippen LogP contribution in [0.25, 0.3) is 0 Å². The van der Waals surface area contributed by atoms with Crippen LogP contribution in [0.4, 0.5) is 0 Å². The normalized spacial score (nSPS) is 26.1. The van der Waals surface area contributed by atoms with Crippen molar-refractivity contribution in [3.05, 3.63) is 19.8 Å². The van der Waals surface area contributed by atoms with Gasteiger partial charge in [0.15, 0.2) is 0 Å². The lowest BCUT2D eigenvalue weighted by molar-refractivity contribution is 0.113. The van der Waals surface area contributed by atoms with Gasteiger partial charge in [-0.1, -0.05) is 11.6 Å². The summed E-state index contributed by atoms with van der Waals surface area (Å²) in [6, 6.07) is 2.55. The van der Waals surface area contributed by atoms with Crippen LogP contribution >= 0.6 is 38.9 Å². The predicted molar refractivity (Wildman–Crippen MR) is 67.7 cm³/mol. The Balaban J connectivity index is 1.87. The Morgan fingerprint density at radius 3 is 3.07 bits per heavy atom. The van der Waals surface area contributed by atoms with Crippen molar-refractivity contribution in [1.82, 2.24) is 5.32 Å². The maximum atomic E-state index is 5.97. The Bertz CT molecular complexity index is 325.